The molecule has 8 heteroatoms. The summed E-state index contributed by atoms with van der Waals surface area (Å²) in [5.74, 6) is -2.74. The Hall–Kier alpha value is -3.81. The monoisotopic (exact) mass is 406 g/mol. The molecular weight excluding hydrogens is 388 g/mol. The number of fused-ring (bicyclic) bond motifs is 1. The molecule has 152 valence electrons. The van der Waals surface area contributed by atoms with Gasteiger partial charge in [0.15, 0.2) is 0 Å². The van der Waals surface area contributed by atoms with E-state index in [1.54, 1.807) is 24.3 Å². The number of nitrogens with zero attached hydrogens (tertiary/aromatic N) is 1. The topological polar surface area (TPSA) is 110 Å². The normalized spacial score (nSPS) is 19.7. The van der Waals surface area contributed by atoms with Gasteiger partial charge in [0.1, 0.15) is 24.9 Å². The summed E-state index contributed by atoms with van der Waals surface area (Å²) in [6.07, 6.45) is -0.627. The van der Waals surface area contributed by atoms with Gasteiger partial charge in [0.05, 0.1) is 17.2 Å². The van der Waals surface area contributed by atoms with Crippen LogP contribution in [0.25, 0.3) is 0 Å². The number of carbonyl (C=O) groups excluding carboxylic acids is 5. The third-order valence-corrected chi connectivity index (χ3v) is 5.11. The van der Waals surface area contributed by atoms with E-state index >= 15 is 0 Å². The summed E-state index contributed by atoms with van der Waals surface area (Å²) < 4.78 is 5.09. The number of hydrogen-bond donors (Lipinski definition) is 1. The van der Waals surface area contributed by atoms with Crippen LogP contribution in [-0.2, 0) is 25.7 Å². The van der Waals surface area contributed by atoms with E-state index in [2.05, 4.69) is 5.32 Å². The predicted molar refractivity (Wildman–Crippen MR) is 103 cm³/mol. The van der Waals surface area contributed by atoms with Gasteiger partial charge in [0, 0.05) is 6.42 Å². The Bertz CT molecular complexity index is 1010. The van der Waals surface area contributed by atoms with E-state index in [4.69, 9.17) is 4.74 Å². The summed E-state index contributed by atoms with van der Waals surface area (Å²) in [7, 11) is 0. The molecular formula is C22H18N2O6. The van der Waals surface area contributed by atoms with Crippen molar-refractivity contribution >= 4 is 29.5 Å². The number of Topliss-reactive ketones (excluding diaryl/α,β-unsaturated/α-hetero) is 1. The third kappa shape index (κ3) is 3.59. The molecule has 0 unspecified atom stereocenters. The van der Waals surface area contributed by atoms with Crippen molar-refractivity contribution < 1.29 is 28.7 Å². The molecule has 8 nitrogen and oxygen atoms in total. The molecule has 0 radical (unpaired) electrons. The quantitative estimate of drug-likeness (QED) is 0.321. The van der Waals surface area contributed by atoms with E-state index in [9.17, 15) is 24.0 Å². The highest BCUT2D eigenvalue weighted by molar-refractivity contribution is 6.23. The third-order valence-electron chi connectivity index (χ3n) is 5.11. The van der Waals surface area contributed by atoms with Crippen molar-refractivity contribution in [2.24, 2.45) is 0 Å². The highest BCUT2D eigenvalue weighted by Gasteiger charge is 2.52. The maximum atomic E-state index is 12.6. The standard InChI is InChI=1S/C22H18N2O6/c25-14(11-18(26)30-12-13-6-2-1-3-7-13)10-17-19(20(27)23-17)24-21(28)15-8-4-5-9-16(15)22(24)29/h1-9,17,19H,10-12H2,(H,23,27)/t17-,19-/m1/s1. The number of amides is 3. The molecule has 3 amide bonds. The molecule has 2 heterocycles. The molecule has 2 atom stereocenters. The number of rotatable bonds is 7. The second-order valence-corrected chi connectivity index (χ2v) is 7.15. The first kappa shape index (κ1) is 19.5. The molecule has 4 rings (SSSR count). The first-order chi connectivity index (χ1) is 14.5. The van der Waals surface area contributed by atoms with Crippen LogP contribution in [0, 0.1) is 0 Å². The van der Waals surface area contributed by atoms with Crippen LogP contribution in [0.5, 0.6) is 0 Å². The molecule has 2 aromatic carbocycles. The van der Waals surface area contributed by atoms with Gasteiger partial charge >= 0.3 is 5.97 Å². The minimum absolute atomic E-state index is 0.0603. The van der Waals surface area contributed by atoms with Gasteiger partial charge in [0.2, 0.25) is 5.91 Å². The van der Waals surface area contributed by atoms with Gasteiger partial charge in [-0.1, -0.05) is 42.5 Å². The van der Waals surface area contributed by atoms with Crippen molar-refractivity contribution in [3.8, 4) is 0 Å². The number of ether oxygens (including phenoxy) is 1. The summed E-state index contributed by atoms with van der Waals surface area (Å²) in [4.78, 5) is 62.3. The summed E-state index contributed by atoms with van der Waals surface area (Å²) in [5, 5.41) is 2.54. The Kier molecular flexibility index (Phi) is 5.14. The molecule has 2 aliphatic heterocycles. The molecule has 2 aromatic rings. The van der Waals surface area contributed by atoms with E-state index in [1.807, 2.05) is 18.2 Å². The van der Waals surface area contributed by atoms with E-state index in [0.29, 0.717) is 0 Å². The summed E-state index contributed by atoms with van der Waals surface area (Å²) in [6.45, 7) is 0.0603. The van der Waals surface area contributed by atoms with Crippen molar-refractivity contribution in [3.63, 3.8) is 0 Å². The van der Waals surface area contributed by atoms with Gasteiger partial charge in [-0.3, -0.25) is 28.9 Å². The van der Waals surface area contributed by atoms with Crippen molar-refractivity contribution in [1.29, 1.82) is 0 Å². The number of ketones is 1. The first-order valence-corrected chi connectivity index (χ1v) is 9.44. The van der Waals surface area contributed by atoms with E-state index in [-0.39, 0.29) is 24.2 Å². The Balaban J connectivity index is 1.34. The molecule has 0 bridgehead atoms. The fourth-order valence-corrected chi connectivity index (χ4v) is 3.62. The average Bonchev–Trinajstić information content (AvgIpc) is 2.98. The van der Waals surface area contributed by atoms with Gasteiger partial charge in [0.25, 0.3) is 11.8 Å². The molecule has 0 spiro atoms. The highest BCUT2D eigenvalue weighted by atomic mass is 16.5. The van der Waals surface area contributed by atoms with Crippen molar-refractivity contribution in [3.05, 3.63) is 71.3 Å². The molecule has 0 saturated carbocycles. The van der Waals surface area contributed by atoms with Crippen LogP contribution >= 0.6 is 0 Å². The zero-order chi connectivity index (χ0) is 21.3. The van der Waals surface area contributed by atoms with Crippen LogP contribution in [-0.4, -0.2) is 46.5 Å². The van der Waals surface area contributed by atoms with Gasteiger partial charge in [-0.05, 0) is 17.7 Å². The number of hydrogen-bond acceptors (Lipinski definition) is 6. The van der Waals surface area contributed by atoms with Gasteiger partial charge in [-0.15, -0.1) is 0 Å². The molecule has 1 fully saturated rings. The van der Waals surface area contributed by atoms with E-state index < -0.39 is 48.0 Å². The summed E-state index contributed by atoms with van der Waals surface area (Å²) >= 11 is 0. The van der Waals surface area contributed by atoms with Crippen LogP contribution < -0.4 is 5.32 Å². The largest absolute Gasteiger partial charge is 0.460 e. The zero-order valence-electron chi connectivity index (χ0n) is 15.9. The van der Waals surface area contributed by atoms with Gasteiger partial charge < -0.3 is 10.1 Å². The fourth-order valence-electron chi connectivity index (χ4n) is 3.62. The zero-order valence-corrected chi connectivity index (χ0v) is 15.9. The predicted octanol–water partition coefficient (Wildman–Crippen LogP) is 1.24. The molecule has 30 heavy (non-hydrogen) atoms. The number of nitrogens with one attached hydrogen (secondary N) is 1. The lowest BCUT2D eigenvalue weighted by atomic mass is 9.91. The molecule has 0 aromatic heterocycles. The highest BCUT2D eigenvalue weighted by Crippen LogP contribution is 2.29. The van der Waals surface area contributed by atoms with Gasteiger partial charge in [-0.25, -0.2) is 0 Å². The minimum atomic E-state index is -1.07. The number of esters is 1. The number of benzene rings is 2. The summed E-state index contributed by atoms with van der Waals surface area (Å²) in [5.41, 5.74) is 1.27. The van der Waals surface area contributed by atoms with Crippen molar-refractivity contribution in [2.75, 3.05) is 0 Å². The van der Waals surface area contributed by atoms with Crippen LogP contribution in [0.2, 0.25) is 0 Å². The Morgan fingerprint density at radius 1 is 0.900 bits per heavy atom. The Morgan fingerprint density at radius 3 is 2.10 bits per heavy atom. The summed E-state index contributed by atoms with van der Waals surface area (Å²) in [6, 6.07) is 13.6. The number of β-lactam (4-membered cyclic amide) rings is 1. The van der Waals surface area contributed by atoms with E-state index in [1.165, 1.54) is 12.1 Å². The van der Waals surface area contributed by atoms with Crippen LogP contribution in [0.1, 0.15) is 39.1 Å². The smallest absolute Gasteiger partial charge is 0.313 e. The molecule has 1 N–H and O–H groups in total. The molecule has 1 saturated heterocycles. The Labute approximate surface area is 171 Å². The first-order valence-electron chi connectivity index (χ1n) is 9.44. The van der Waals surface area contributed by atoms with Gasteiger partial charge in [-0.2, -0.15) is 0 Å². The molecule has 0 aliphatic carbocycles. The van der Waals surface area contributed by atoms with Crippen LogP contribution in [0.4, 0.5) is 0 Å². The fraction of sp³-hybridized carbons (Fsp3) is 0.227. The average molecular weight is 406 g/mol. The lowest BCUT2D eigenvalue weighted by Gasteiger charge is -2.40. The van der Waals surface area contributed by atoms with Crippen LogP contribution in [0.3, 0.4) is 0 Å². The van der Waals surface area contributed by atoms with E-state index in [0.717, 1.165) is 10.5 Å². The minimum Gasteiger partial charge on any atom is -0.460 e. The Morgan fingerprint density at radius 2 is 1.50 bits per heavy atom. The van der Waals surface area contributed by atoms with Crippen molar-refractivity contribution in [2.45, 2.75) is 31.5 Å². The SMILES string of the molecule is O=C(CC(=O)OCc1ccccc1)C[C@H]1NC(=O)[C@@H]1N1C(=O)c2ccccc2C1=O. The second kappa shape index (κ2) is 7.90. The maximum absolute atomic E-state index is 12.6. The number of imide groups is 1. The van der Waals surface area contributed by atoms with Crippen molar-refractivity contribution in [1.82, 2.24) is 10.2 Å². The second-order valence-electron chi connectivity index (χ2n) is 7.15. The maximum Gasteiger partial charge on any atom is 0.313 e. The lowest BCUT2D eigenvalue weighted by molar-refractivity contribution is -0.147. The lowest BCUT2D eigenvalue weighted by Crippen LogP contribution is -2.70. The molecule has 2 aliphatic rings. The van der Waals surface area contributed by atoms with Crippen LogP contribution in [0.15, 0.2) is 54.6 Å². The number of carbonyl (C=O) groups is 5.